The van der Waals surface area contributed by atoms with Crippen LogP contribution in [0.25, 0.3) is 5.57 Å². The Balaban J connectivity index is 2.57. The molecular weight excluding hydrogens is 264 g/mol. The van der Waals surface area contributed by atoms with Crippen LogP contribution in [-0.4, -0.2) is 24.1 Å². The third-order valence-corrected chi connectivity index (χ3v) is 3.70. The summed E-state index contributed by atoms with van der Waals surface area (Å²) in [7, 11) is 0. The van der Waals surface area contributed by atoms with E-state index in [0.29, 0.717) is 6.61 Å². The molecule has 0 spiro atoms. The molecule has 1 heterocycles. The number of ether oxygens (including phenoxy) is 1. The van der Waals surface area contributed by atoms with Crippen molar-refractivity contribution in [3.63, 3.8) is 0 Å². The first-order chi connectivity index (χ1) is 9.77. The highest BCUT2D eigenvalue weighted by molar-refractivity contribution is 6.02. The van der Waals surface area contributed by atoms with Gasteiger partial charge in [-0.15, -0.1) is 0 Å². The van der Waals surface area contributed by atoms with Crippen LogP contribution >= 0.6 is 0 Å². The molecule has 1 aromatic carbocycles. The van der Waals surface area contributed by atoms with Gasteiger partial charge >= 0.3 is 0 Å². The zero-order chi connectivity index (χ0) is 15.8. The van der Waals surface area contributed by atoms with Crippen molar-refractivity contribution in [1.82, 2.24) is 0 Å². The molecule has 0 fully saturated rings. The van der Waals surface area contributed by atoms with Crippen LogP contribution in [0.5, 0.6) is 5.75 Å². The molecule has 0 aromatic heterocycles. The molecule has 4 heteroatoms. The van der Waals surface area contributed by atoms with Crippen molar-refractivity contribution in [2.24, 2.45) is 5.73 Å². The molecule has 0 saturated carbocycles. The molecule has 114 valence electrons. The topological polar surface area (TPSA) is 55.6 Å². The highest BCUT2D eigenvalue weighted by Gasteiger charge is 2.36. The number of hydrogen-bond acceptors (Lipinski definition) is 3. The Morgan fingerprint density at radius 1 is 1.43 bits per heavy atom. The minimum atomic E-state index is -0.532. The van der Waals surface area contributed by atoms with E-state index in [1.165, 1.54) is 0 Å². The van der Waals surface area contributed by atoms with Gasteiger partial charge in [0.05, 0.1) is 23.9 Å². The Morgan fingerprint density at radius 3 is 2.67 bits per heavy atom. The Kier molecular flexibility index (Phi) is 4.10. The number of benzene rings is 1. The maximum Gasteiger partial charge on any atom is 0.244 e. The van der Waals surface area contributed by atoms with Crippen LogP contribution in [0.2, 0.25) is 0 Å². The van der Waals surface area contributed by atoms with Gasteiger partial charge in [0, 0.05) is 5.56 Å². The summed E-state index contributed by atoms with van der Waals surface area (Å²) in [4.78, 5) is 14.3. The van der Waals surface area contributed by atoms with E-state index in [4.69, 9.17) is 10.5 Å². The van der Waals surface area contributed by atoms with Crippen molar-refractivity contribution in [3.05, 3.63) is 29.8 Å². The molecule has 4 nitrogen and oxygen atoms in total. The molecule has 1 aliphatic heterocycles. The number of rotatable bonds is 3. The molecule has 1 aromatic rings. The summed E-state index contributed by atoms with van der Waals surface area (Å²) in [5.41, 5.74) is 8.49. The molecule has 0 bridgehead atoms. The minimum absolute atomic E-state index is 0.0749. The van der Waals surface area contributed by atoms with Gasteiger partial charge in [-0.3, -0.25) is 4.79 Å². The van der Waals surface area contributed by atoms with Crippen LogP contribution in [0.15, 0.2) is 24.3 Å². The van der Waals surface area contributed by atoms with Gasteiger partial charge in [-0.25, -0.2) is 0 Å². The summed E-state index contributed by atoms with van der Waals surface area (Å²) in [5.74, 6) is 0.742. The first-order valence-electron chi connectivity index (χ1n) is 7.34. The van der Waals surface area contributed by atoms with Crippen molar-refractivity contribution >= 4 is 17.2 Å². The minimum Gasteiger partial charge on any atom is -0.494 e. The van der Waals surface area contributed by atoms with E-state index in [-0.39, 0.29) is 5.91 Å². The van der Waals surface area contributed by atoms with Crippen LogP contribution < -0.4 is 15.4 Å². The zero-order valence-electron chi connectivity index (χ0n) is 13.4. The summed E-state index contributed by atoms with van der Waals surface area (Å²) >= 11 is 0. The molecule has 21 heavy (non-hydrogen) atoms. The standard InChI is InChI=1S/C17H24N2O2/c1-6-21-13-7-8-15-14(9-13)11(2)10-17(4,5)19(15)16(20)12(3)18/h7-10,12H,6,18H2,1-5H3. The lowest BCUT2D eigenvalue weighted by atomic mass is 9.88. The normalized spacial score (nSPS) is 17.8. The second kappa shape index (κ2) is 5.53. The summed E-state index contributed by atoms with van der Waals surface area (Å²) in [6.45, 7) is 10.4. The number of nitrogens with two attached hydrogens (primary N) is 1. The SMILES string of the molecule is CCOc1ccc2c(c1)C(C)=CC(C)(C)N2C(=O)C(C)N. The second-order valence-corrected chi connectivity index (χ2v) is 6.06. The van der Waals surface area contributed by atoms with E-state index < -0.39 is 11.6 Å². The first-order valence-corrected chi connectivity index (χ1v) is 7.34. The van der Waals surface area contributed by atoms with Crippen molar-refractivity contribution in [1.29, 1.82) is 0 Å². The monoisotopic (exact) mass is 288 g/mol. The molecule has 2 rings (SSSR count). The second-order valence-electron chi connectivity index (χ2n) is 6.06. The van der Waals surface area contributed by atoms with Crippen molar-refractivity contribution < 1.29 is 9.53 Å². The van der Waals surface area contributed by atoms with Crippen LogP contribution in [0.3, 0.4) is 0 Å². The third kappa shape index (κ3) is 2.81. The number of anilines is 1. The van der Waals surface area contributed by atoms with Crippen molar-refractivity contribution in [2.45, 2.75) is 46.2 Å². The summed E-state index contributed by atoms with van der Waals surface area (Å²) in [6, 6.07) is 5.30. The van der Waals surface area contributed by atoms with Gasteiger partial charge in [0.25, 0.3) is 0 Å². The van der Waals surface area contributed by atoms with E-state index in [2.05, 4.69) is 13.0 Å². The summed E-state index contributed by atoms with van der Waals surface area (Å²) < 4.78 is 5.56. The predicted octanol–water partition coefficient (Wildman–Crippen LogP) is 2.96. The summed E-state index contributed by atoms with van der Waals surface area (Å²) in [5, 5.41) is 0. The maximum absolute atomic E-state index is 12.5. The number of nitrogens with zero attached hydrogens (tertiary/aromatic N) is 1. The van der Waals surface area contributed by atoms with Crippen molar-refractivity contribution in [3.8, 4) is 5.75 Å². The van der Waals surface area contributed by atoms with Crippen molar-refractivity contribution in [2.75, 3.05) is 11.5 Å². The number of hydrogen-bond donors (Lipinski definition) is 1. The van der Waals surface area contributed by atoms with Gasteiger partial charge in [0.2, 0.25) is 5.91 Å². The maximum atomic E-state index is 12.5. The van der Waals surface area contributed by atoms with E-state index in [9.17, 15) is 4.79 Å². The van der Waals surface area contributed by atoms with Crippen LogP contribution in [-0.2, 0) is 4.79 Å². The zero-order valence-corrected chi connectivity index (χ0v) is 13.4. The van der Waals surface area contributed by atoms with Gasteiger partial charge in [0.15, 0.2) is 0 Å². The van der Waals surface area contributed by atoms with E-state index in [1.807, 2.05) is 39.0 Å². The first kappa shape index (κ1) is 15.6. The molecular formula is C17H24N2O2. The third-order valence-electron chi connectivity index (χ3n) is 3.70. The van der Waals surface area contributed by atoms with Crippen LogP contribution in [0.1, 0.15) is 40.2 Å². The van der Waals surface area contributed by atoms with Gasteiger partial charge < -0.3 is 15.4 Å². The molecule has 0 saturated heterocycles. The Morgan fingerprint density at radius 2 is 2.10 bits per heavy atom. The molecule has 0 radical (unpaired) electrons. The van der Waals surface area contributed by atoms with E-state index in [1.54, 1.807) is 11.8 Å². The Bertz CT molecular complexity index is 588. The van der Waals surface area contributed by atoms with Gasteiger partial charge in [-0.2, -0.15) is 0 Å². The average Bonchev–Trinajstić information content (AvgIpc) is 2.38. The number of carbonyl (C=O) groups is 1. The van der Waals surface area contributed by atoms with E-state index in [0.717, 1.165) is 22.6 Å². The fourth-order valence-electron chi connectivity index (χ4n) is 2.87. The highest BCUT2D eigenvalue weighted by Crippen LogP contribution is 2.40. The fourth-order valence-corrected chi connectivity index (χ4v) is 2.87. The molecule has 1 amide bonds. The number of amides is 1. The Labute approximate surface area is 126 Å². The predicted molar refractivity (Wildman–Crippen MR) is 86.5 cm³/mol. The lowest BCUT2D eigenvalue weighted by Gasteiger charge is -2.42. The number of carbonyl (C=O) groups excluding carboxylic acids is 1. The van der Waals surface area contributed by atoms with Crippen LogP contribution in [0, 0.1) is 0 Å². The highest BCUT2D eigenvalue weighted by atomic mass is 16.5. The van der Waals surface area contributed by atoms with Gasteiger partial charge in [-0.1, -0.05) is 6.08 Å². The summed E-state index contributed by atoms with van der Waals surface area (Å²) in [6.07, 6.45) is 2.10. The number of fused-ring (bicyclic) bond motifs is 1. The van der Waals surface area contributed by atoms with E-state index >= 15 is 0 Å². The largest absolute Gasteiger partial charge is 0.494 e. The molecule has 1 unspecified atom stereocenters. The van der Waals surface area contributed by atoms with Crippen LogP contribution in [0.4, 0.5) is 5.69 Å². The Hall–Kier alpha value is -1.81. The van der Waals surface area contributed by atoms with Gasteiger partial charge in [-0.05, 0) is 58.4 Å². The lowest BCUT2D eigenvalue weighted by Crippen LogP contribution is -2.54. The molecule has 0 aliphatic carbocycles. The molecule has 2 N–H and O–H groups in total. The quantitative estimate of drug-likeness (QED) is 0.930. The molecule has 1 aliphatic rings. The lowest BCUT2D eigenvalue weighted by molar-refractivity contribution is -0.120. The number of allylic oxidation sites excluding steroid dienone is 1. The smallest absolute Gasteiger partial charge is 0.244 e. The van der Waals surface area contributed by atoms with Gasteiger partial charge in [0.1, 0.15) is 5.75 Å². The fraction of sp³-hybridized carbons (Fsp3) is 0.471. The average molecular weight is 288 g/mol. The molecule has 1 atom stereocenters.